The lowest BCUT2D eigenvalue weighted by Crippen LogP contribution is -2.54. The van der Waals surface area contributed by atoms with E-state index >= 15 is 0 Å². The maximum Gasteiger partial charge on any atom is 0.326 e. The minimum atomic E-state index is -1.01. The molecule has 0 aliphatic carbocycles. The van der Waals surface area contributed by atoms with Gasteiger partial charge in [0.05, 0.1) is 18.2 Å². The van der Waals surface area contributed by atoms with Crippen molar-refractivity contribution in [2.45, 2.75) is 38.0 Å². The second-order valence-corrected chi connectivity index (χ2v) is 5.35. The molecule has 1 fully saturated rings. The average Bonchev–Trinajstić information content (AvgIpc) is 2.72. The van der Waals surface area contributed by atoms with E-state index in [1.165, 1.54) is 12.0 Å². The smallest absolute Gasteiger partial charge is 0.326 e. The van der Waals surface area contributed by atoms with Crippen molar-refractivity contribution in [1.82, 2.24) is 10.2 Å². The highest BCUT2D eigenvalue weighted by atomic mass is 16.5. The number of urea groups is 1. The molecule has 2 N–H and O–H groups in total. The van der Waals surface area contributed by atoms with Crippen LogP contribution in [0, 0.1) is 0 Å². The lowest BCUT2D eigenvalue weighted by atomic mass is 10.1. The van der Waals surface area contributed by atoms with Crippen molar-refractivity contribution >= 4 is 12.0 Å². The SMILES string of the molecule is COCC(C)(C)NC(=O)N1CC(OC)CC1C(=O)O. The molecule has 2 unspecified atom stereocenters. The Morgan fingerprint density at radius 3 is 2.53 bits per heavy atom. The highest BCUT2D eigenvalue weighted by molar-refractivity contribution is 5.83. The van der Waals surface area contributed by atoms with Crippen molar-refractivity contribution in [1.29, 1.82) is 0 Å². The molecule has 1 aliphatic rings. The van der Waals surface area contributed by atoms with E-state index in [0.717, 1.165) is 0 Å². The van der Waals surface area contributed by atoms with Crippen LogP contribution in [0.2, 0.25) is 0 Å². The summed E-state index contributed by atoms with van der Waals surface area (Å²) in [5, 5.41) is 11.9. The first-order valence-corrected chi connectivity index (χ1v) is 6.14. The van der Waals surface area contributed by atoms with Crippen molar-refractivity contribution in [2.75, 3.05) is 27.4 Å². The van der Waals surface area contributed by atoms with E-state index in [2.05, 4.69) is 5.32 Å². The van der Waals surface area contributed by atoms with Crippen LogP contribution in [0.4, 0.5) is 4.79 Å². The molecule has 0 spiro atoms. The van der Waals surface area contributed by atoms with Crippen molar-refractivity contribution in [3.63, 3.8) is 0 Å². The largest absolute Gasteiger partial charge is 0.480 e. The van der Waals surface area contributed by atoms with Gasteiger partial charge in [-0.15, -0.1) is 0 Å². The molecule has 0 aromatic rings. The number of nitrogens with one attached hydrogen (secondary N) is 1. The Bertz CT molecular complexity index is 345. The Hall–Kier alpha value is -1.34. The number of carboxylic acid groups (broad SMARTS) is 1. The molecule has 0 radical (unpaired) electrons. The van der Waals surface area contributed by atoms with E-state index in [9.17, 15) is 9.59 Å². The van der Waals surface area contributed by atoms with Gasteiger partial charge in [-0.05, 0) is 13.8 Å². The molecule has 7 heteroatoms. The number of nitrogens with zero attached hydrogens (tertiary/aromatic N) is 1. The summed E-state index contributed by atoms with van der Waals surface area (Å²) < 4.78 is 10.2. The first kappa shape index (κ1) is 15.7. The lowest BCUT2D eigenvalue weighted by molar-refractivity contribution is -0.141. The Morgan fingerprint density at radius 1 is 1.42 bits per heavy atom. The molecule has 110 valence electrons. The molecule has 19 heavy (non-hydrogen) atoms. The first-order chi connectivity index (χ1) is 8.80. The fourth-order valence-corrected chi connectivity index (χ4v) is 2.18. The monoisotopic (exact) mass is 274 g/mol. The zero-order valence-electron chi connectivity index (χ0n) is 11.8. The summed E-state index contributed by atoms with van der Waals surface area (Å²) in [6, 6.07) is -1.25. The second kappa shape index (κ2) is 6.21. The molecule has 0 aromatic carbocycles. The Kier molecular flexibility index (Phi) is 5.13. The number of hydrogen-bond acceptors (Lipinski definition) is 4. The molecule has 2 amide bonds. The lowest BCUT2D eigenvalue weighted by Gasteiger charge is -2.30. The maximum atomic E-state index is 12.2. The number of likely N-dealkylation sites (tertiary alicyclic amines) is 1. The van der Waals surface area contributed by atoms with E-state index < -0.39 is 23.6 Å². The quantitative estimate of drug-likeness (QED) is 0.752. The molecule has 0 saturated carbocycles. The van der Waals surface area contributed by atoms with E-state index in [1.54, 1.807) is 7.11 Å². The highest BCUT2D eigenvalue weighted by Gasteiger charge is 2.40. The van der Waals surface area contributed by atoms with Gasteiger partial charge in [0.15, 0.2) is 0 Å². The number of methoxy groups -OCH3 is 2. The van der Waals surface area contributed by atoms with Crippen LogP contribution < -0.4 is 5.32 Å². The van der Waals surface area contributed by atoms with E-state index in [-0.39, 0.29) is 12.6 Å². The van der Waals surface area contributed by atoms with Crippen LogP contribution >= 0.6 is 0 Å². The number of ether oxygens (including phenoxy) is 2. The number of rotatable bonds is 5. The van der Waals surface area contributed by atoms with Crippen LogP contribution in [0.3, 0.4) is 0 Å². The second-order valence-electron chi connectivity index (χ2n) is 5.35. The standard InChI is InChI=1S/C12H22N2O5/c1-12(2,7-18-3)13-11(17)14-6-8(19-4)5-9(14)10(15)16/h8-9H,5-7H2,1-4H3,(H,13,17)(H,15,16). The predicted molar refractivity (Wildman–Crippen MR) is 68.0 cm³/mol. The van der Waals surface area contributed by atoms with Gasteiger partial charge in [-0.1, -0.05) is 0 Å². The van der Waals surface area contributed by atoms with E-state index in [1.807, 2.05) is 13.8 Å². The first-order valence-electron chi connectivity index (χ1n) is 6.14. The van der Waals surface area contributed by atoms with Gasteiger partial charge in [0.1, 0.15) is 6.04 Å². The third-order valence-electron chi connectivity index (χ3n) is 3.09. The maximum absolute atomic E-state index is 12.2. The van der Waals surface area contributed by atoms with Crippen LogP contribution in [0.5, 0.6) is 0 Å². The summed E-state index contributed by atoms with van der Waals surface area (Å²) >= 11 is 0. The summed E-state index contributed by atoms with van der Waals surface area (Å²) in [5.74, 6) is -1.01. The summed E-state index contributed by atoms with van der Waals surface area (Å²) in [6.07, 6.45) is 0.0710. The van der Waals surface area contributed by atoms with Gasteiger partial charge in [-0.2, -0.15) is 0 Å². The van der Waals surface area contributed by atoms with E-state index in [4.69, 9.17) is 14.6 Å². The molecule has 0 bridgehead atoms. The molecular formula is C12H22N2O5. The molecular weight excluding hydrogens is 252 g/mol. The molecule has 1 heterocycles. The summed E-state index contributed by atoms with van der Waals surface area (Å²) in [5.41, 5.74) is -0.556. The zero-order chi connectivity index (χ0) is 14.6. The molecule has 0 aromatic heterocycles. The summed E-state index contributed by atoms with van der Waals surface area (Å²) in [7, 11) is 3.06. The minimum Gasteiger partial charge on any atom is -0.480 e. The molecule has 2 atom stereocenters. The average molecular weight is 274 g/mol. The Balaban J connectivity index is 2.71. The van der Waals surface area contributed by atoms with Gasteiger partial charge in [0.2, 0.25) is 0 Å². The number of hydrogen-bond donors (Lipinski definition) is 2. The van der Waals surface area contributed by atoms with Gasteiger partial charge < -0.3 is 24.8 Å². The number of aliphatic carboxylic acids is 1. The normalized spacial score (nSPS) is 23.5. The van der Waals surface area contributed by atoms with Crippen LogP contribution in [0.1, 0.15) is 20.3 Å². The number of carbonyl (C=O) groups is 2. The molecule has 1 rings (SSSR count). The van der Waals surface area contributed by atoms with Gasteiger partial charge in [-0.25, -0.2) is 9.59 Å². The van der Waals surface area contributed by atoms with Gasteiger partial charge in [-0.3, -0.25) is 0 Å². The van der Waals surface area contributed by atoms with Gasteiger partial charge in [0, 0.05) is 27.2 Å². The van der Waals surface area contributed by atoms with Crippen LogP contribution in [0.15, 0.2) is 0 Å². The van der Waals surface area contributed by atoms with Gasteiger partial charge >= 0.3 is 12.0 Å². The minimum absolute atomic E-state index is 0.239. The highest BCUT2D eigenvalue weighted by Crippen LogP contribution is 2.21. The van der Waals surface area contributed by atoms with E-state index in [0.29, 0.717) is 13.0 Å². The number of carbonyl (C=O) groups excluding carboxylic acids is 1. The van der Waals surface area contributed by atoms with Crippen LogP contribution in [-0.4, -0.2) is 67.1 Å². The van der Waals surface area contributed by atoms with Crippen LogP contribution in [0.25, 0.3) is 0 Å². The molecule has 1 aliphatic heterocycles. The molecule has 7 nitrogen and oxygen atoms in total. The zero-order valence-corrected chi connectivity index (χ0v) is 11.8. The van der Waals surface area contributed by atoms with Crippen molar-refractivity contribution in [3.05, 3.63) is 0 Å². The summed E-state index contributed by atoms with van der Waals surface area (Å²) in [4.78, 5) is 24.6. The summed E-state index contributed by atoms with van der Waals surface area (Å²) in [6.45, 7) is 4.25. The third-order valence-corrected chi connectivity index (χ3v) is 3.09. The Labute approximate surface area is 112 Å². The number of carboxylic acids is 1. The van der Waals surface area contributed by atoms with Crippen molar-refractivity contribution < 1.29 is 24.2 Å². The number of amides is 2. The van der Waals surface area contributed by atoms with Crippen molar-refractivity contribution in [2.24, 2.45) is 0 Å². The fraction of sp³-hybridized carbons (Fsp3) is 0.833. The predicted octanol–water partition coefficient (Wildman–Crippen LogP) is 0.295. The third kappa shape index (κ3) is 4.07. The van der Waals surface area contributed by atoms with Gasteiger partial charge in [0.25, 0.3) is 0 Å². The Morgan fingerprint density at radius 2 is 2.05 bits per heavy atom. The van der Waals surface area contributed by atoms with Crippen molar-refractivity contribution in [3.8, 4) is 0 Å². The van der Waals surface area contributed by atoms with Crippen LogP contribution in [-0.2, 0) is 14.3 Å². The molecule has 1 saturated heterocycles. The topological polar surface area (TPSA) is 88.1 Å². The fourth-order valence-electron chi connectivity index (χ4n) is 2.18.